The zero-order chi connectivity index (χ0) is 24.1. The first-order chi connectivity index (χ1) is 17.5. The van der Waals surface area contributed by atoms with E-state index in [0.29, 0.717) is 30.8 Å². The third-order valence-electron chi connectivity index (χ3n) is 11.5. The Labute approximate surface area is 214 Å². The summed E-state index contributed by atoms with van der Waals surface area (Å²) in [4.78, 5) is 2.44. The number of ether oxygens (including phenoxy) is 1. The molecule has 7 atom stereocenters. The number of allylic oxidation sites excluding steroid dienone is 1. The van der Waals surface area contributed by atoms with Gasteiger partial charge in [0.1, 0.15) is 6.17 Å². The molecule has 188 valence electrons. The summed E-state index contributed by atoms with van der Waals surface area (Å²) in [6, 6.07) is 16.4. The van der Waals surface area contributed by atoms with Gasteiger partial charge in [-0.15, -0.1) is 0 Å². The molecular formula is C33H38FNO. The van der Waals surface area contributed by atoms with Crippen LogP contribution in [0.4, 0.5) is 4.39 Å². The summed E-state index contributed by atoms with van der Waals surface area (Å²) in [5.41, 5.74) is 4.57. The fourth-order valence-corrected chi connectivity index (χ4v) is 9.74. The highest BCUT2D eigenvalue weighted by molar-refractivity contribution is 5.83. The average molecular weight is 484 g/mol. The third kappa shape index (κ3) is 2.91. The zero-order valence-corrected chi connectivity index (χ0v) is 21.5. The second kappa shape index (κ2) is 7.54. The van der Waals surface area contributed by atoms with Crippen LogP contribution in [0.1, 0.15) is 76.2 Å². The molecule has 2 aromatic carbocycles. The standard InChI is InChI=1S/C33H38FNO/c1-31-14-12-26-19-25-8-9-28(35-17-13-27(34)21-35)20-32(25)15-16-33(26,36-32)30(31)11-10-29(31)24-7-6-22-4-2-3-5-23(22)18-24/h2-7,12,18-19,27-30H,8-11,13-17,20-21H2,1H3/t27-,28-,29-,30-,31-,32?,33-/m1/s1. The molecule has 0 N–H and O–H groups in total. The van der Waals surface area contributed by atoms with E-state index in [2.05, 4.69) is 66.4 Å². The summed E-state index contributed by atoms with van der Waals surface area (Å²) in [7, 11) is 0. The first-order valence-corrected chi connectivity index (χ1v) is 14.5. The van der Waals surface area contributed by atoms with E-state index in [1.165, 1.54) is 34.8 Å². The molecule has 2 bridgehead atoms. The van der Waals surface area contributed by atoms with Crippen molar-refractivity contribution in [2.45, 2.75) is 94.0 Å². The maximum absolute atomic E-state index is 14.0. The van der Waals surface area contributed by atoms with Gasteiger partial charge in [0.2, 0.25) is 0 Å². The van der Waals surface area contributed by atoms with Crippen LogP contribution < -0.4 is 0 Å². The Balaban J connectivity index is 1.14. The van der Waals surface area contributed by atoms with E-state index < -0.39 is 6.17 Å². The van der Waals surface area contributed by atoms with Crippen LogP contribution in [0, 0.1) is 11.3 Å². The van der Waals surface area contributed by atoms with Gasteiger partial charge in [-0.1, -0.05) is 61.5 Å². The number of nitrogens with zero attached hydrogens (tertiary/aromatic N) is 1. The number of benzene rings is 2. The van der Waals surface area contributed by atoms with Gasteiger partial charge in [0, 0.05) is 19.1 Å². The summed E-state index contributed by atoms with van der Waals surface area (Å²) < 4.78 is 21.5. The second-order valence-corrected chi connectivity index (χ2v) is 13.1. The molecule has 4 fully saturated rings. The lowest BCUT2D eigenvalue weighted by atomic mass is 9.58. The lowest BCUT2D eigenvalue weighted by Gasteiger charge is -2.55. The van der Waals surface area contributed by atoms with Crippen LogP contribution in [0.25, 0.3) is 10.8 Å². The zero-order valence-electron chi connectivity index (χ0n) is 21.5. The number of alkyl halides is 1. The van der Waals surface area contributed by atoms with Crippen molar-refractivity contribution < 1.29 is 9.13 Å². The quantitative estimate of drug-likeness (QED) is 0.439. The molecule has 3 heterocycles. The first kappa shape index (κ1) is 22.1. The molecule has 2 saturated heterocycles. The predicted octanol–water partition coefficient (Wildman–Crippen LogP) is 7.49. The topological polar surface area (TPSA) is 12.5 Å². The molecule has 36 heavy (non-hydrogen) atoms. The predicted molar refractivity (Wildman–Crippen MR) is 143 cm³/mol. The summed E-state index contributed by atoms with van der Waals surface area (Å²) in [5, 5.41) is 2.69. The third-order valence-corrected chi connectivity index (χ3v) is 11.5. The number of hydrogen-bond acceptors (Lipinski definition) is 2. The Kier molecular flexibility index (Phi) is 4.62. The molecule has 3 heteroatoms. The first-order valence-electron chi connectivity index (χ1n) is 14.5. The van der Waals surface area contributed by atoms with E-state index in [0.717, 1.165) is 45.1 Å². The van der Waals surface area contributed by atoms with Gasteiger partial charge in [-0.2, -0.15) is 0 Å². The molecule has 3 aliphatic heterocycles. The van der Waals surface area contributed by atoms with Crippen molar-refractivity contribution in [1.29, 1.82) is 0 Å². The molecule has 8 rings (SSSR count). The van der Waals surface area contributed by atoms with Crippen molar-refractivity contribution >= 4 is 10.8 Å². The lowest BCUT2D eigenvalue weighted by molar-refractivity contribution is -0.140. The minimum Gasteiger partial charge on any atom is -0.359 e. The maximum atomic E-state index is 14.0. The average Bonchev–Trinajstić information content (AvgIpc) is 3.57. The van der Waals surface area contributed by atoms with Gasteiger partial charge in [-0.25, -0.2) is 4.39 Å². The normalized spacial score (nSPS) is 43.6. The second-order valence-electron chi connectivity index (χ2n) is 13.1. The smallest absolute Gasteiger partial charge is 0.114 e. The maximum Gasteiger partial charge on any atom is 0.114 e. The van der Waals surface area contributed by atoms with E-state index in [1.54, 1.807) is 5.57 Å². The molecule has 0 radical (unpaired) electrons. The molecule has 2 saturated carbocycles. The minimum atomic E-state index is -0.638. The molecule has 2 aromatic rings. The van der Waals surface area contributed by atoms with Crippen LogP contribution in [0.15, 0.2) is 65.8 Å². The van der Waals surface area contributed by atoms with Gasteiger partial charge >= 0.3 is 0 Å². The van der Waals surface area contributed by atoms with Gasteiger partial charge in [-0.05, 0) is 103 Å². The van der Waals surface area contributed by atoms with Crippen molar-refractivity contribution in [2.24, 2.45) is 11.3 Å². The Hall–Kier alpha value is -1.97. The van der Waals surface area contributed by atoms with Gasteiger partial charge in [0.15, 0.2) is 0 Å². The van der Waals surface area contributed by atoms with Crippen LogP contribution >= 0.6 is 0 Å². The van der Waals surface area contributed by atoms with Crippen LogP contribution in [0.3, 0.4) is 0 Å². The van der Waals surface area contributed by atoms with Crippen molar-refractivity contribution in [3.63, 3.8) is 0 Å². The summed E-state index contributed by atoms with van der Waals surface area (Å²) >= 11 is 0. The lowest BCUT2D eigenvalue weighted by Crippen LogP contribution is -2.55. The molecule has 3 aliphatic carbocycles. The molecule has 6 aliphatic rings. The minimum absolute atomic E-state index is 0.103. The van der Waals surface area contributed by atoms with Crippen molar-refractivity contribution in [3.05, 3.63) is 71.3 Å². The van der Waals surface area contributed by atoms with E-state index in [4.69, 9.17) is 4.74 Å². The van der Waals surface area contributed by atoms with Crippen LogP contribution in [-0.2, 0) is 4.74 Å². The van der Waals surface area contributed by atoms with Crippen molar-refractivity contribution in [1.82, 2.24) is 4.90 Å². The summed E-state index contributed by atoms with van der Waals surface area (Å²) in [6.07, 6.45) is 14.5. The van der Waals surface area contributed by atoms with E-state index >= 15 is 0 Å². The van der Waals surface area contributed by atoms with Crippen LogP contribution in [0.2, 0.25) is 0 Å². The van der Waals surface area contributed by atoms with E-state index in [1.807, 2.05) is 0 Å². The Morgan fingerprint density at radius 2 is 1.89 bits per heavy atom. The van der Waals surface area contributed by atoms with Crippen molar-refractivity contribution in [2.75, 3.05) is 13.1 Å². The highest BCUT2D eigenvalue weighted by Crippen LogP contribution is 2.69. The highest BCUT2D eigenvalue weighted by Gasteiger charge is 2.66. The number of fused-ring (bicyclic) bond motifs is 2. The Morgan fingerprint density at radius 3 is 2.75 bits per heavy atom. The Morgan fingerprint density at radius 1 is 1.00 bits per heavy atom. The molecule has 0 aromatic heterocycles. The fraction of sp³-hybridized carbons (Fsp3) is 0.576. The molecule has 0 amide bonds. The van der Waals surface area contributed by atoms with E-state index in [9.17, 15) is 4.39 Å². The SMILES string of the molecule is C[C@]12CC=C3C=C4CC[C@@H](N5CC[C@@H](F)C5)CC45CC[C@]3(O5)[C@@H]1CC[C@@H]2c1ccc2ccccc2c1. The molecule has 1 unspecified atom stereocenters. The monoisotopic (exact) mass is 483 g/mol. The largest absolute Gasteiger partial charge is 0.359 e. The number of rotatable bonds is 2. The number of hydrogen-bond donors (Lipinski definition) is 0. The van der Waals surface area contributed by atoms with Crippen LogP contribution in [-0.4, -0.2) is 41.4 Å². The summed E-state index contributed by atoms with van der Waals surface area (Å²) in [5.74, 6) is 1.15. The van der Waals surface area contributed by atoms with Gasteiger partial charge in [-0.3, -0.25) is 4.90 Å². The molecular weight excluding hydrogens is 445 g/mol. The summed E-state index contributed by atoms with van der Waals surface area (Å²) in [6.45, 7) is 4.12. The van der Waals surface area contributed by atoms with Crippen LogP contribution in [0.5, 0.6) is 0 Å². The molecule has 2 nitrogen and oxygen atoms in total. The van der Waals surface area contributed by atoms with E-state index in [-0.39, 0.29) is 16.6 Å². The van der Waals surface area contributed by atoms with Gasteiger partial charge in [0.05, 0.1) is 11.2 Å². The fourth-order valence-electron chi connectivity index (χ4n) is 9.74. The highest BCUT2D eigenvalue weighted by atomic mass is 19.1. The van der Waals surface area contributed by atoms with Gasteiger partial charge in [0.25, 0.3) is 0 Å². The molecule has 2 spiro atoms. The number of likely N-dealkylation sites (tertiary alicyclic amines) is 1. The Bertz CT molecular complexity index is 1300. The van der Waals surface area contributed by atoms with Crippen molar-refractivity contribution in [3.8, 4) is 0 Å². The van der Waals surface area contributed by atoms with Gasteiger partial charge < -0.3 is 4.74 Å². The number of halogens is 1.